The maximum absolute atomic E-state index is 13.2. The molecule has 2 N–H and O–H groups in total. The minimum Gasteiger partial charge on any atom is -0.382 e. The van der Waals surface area contributed by atoms with E-state index in [0.717, 1.165) is 18.6 Å². The molecule has 0 aromatic heterocycles. The summed E-state index contributed by atoms with van der Waals surface area (Å²) in [6, 6.07) is 2.51. The molecule has 0 radical (unpaired) electrons. The van der Waals surface area contributed by atoms with Gasteiger partial charge in [-0.05, 0) is 31.0 Å². The molecule has 1 fully saturated rings. The Bertz CT molecular complexity index is 502. The maximum Gasteiger partial charge on any atom is 0.419 e. The summed E-state index contributed by atoms with van der Waals surface area (Å²) in [5, 5.41) is 5.55. The molecule has 1 saturated heterocycles. The summed E-state index contributed by atoms with van der Waals surface area (Å²) in [7, 11) is 0. The fourth-order valence-electron chi connectivity index (χ4n) is 2.17. The number of halogens is 4. The van der Waals surface area contributed by atoms with Crippen LogP contribution in [0.5, 0.6) is 0 Å². The number of hydrogen-bond acceptors (Lipinski definition) is 2. The van der Waals surface area contributed by atoms with E-state index >= 15 is 0 Å². The van der Waals surface area contributed by atoms with Gasteiger partial charge in [-0.1, -0.05) is 0 Å². The zero-order valence-electron chi connectivity index (χ0n) is 10.6. The summed E-state index contributed by atoms with van der Waals surface area (Å²) in [6.45, 7) is 0.564. The predicted molar refractivity (Wildman–Crippen MR) is 65.7 cm³/mol. The smallest absolute Gasteiger partial charge is 0.382 e. The molecule has 20 heavy (non-hydrogen) atoms. The third kappa shape index (κ3) is 3.61. The molecule has 110 valence electrons. The molecule has 1 aliphatic heterocycles. The quantitative estimate of drug-likeness (QED) is 0.822. The molecule has 2 rings (SSSR count). The Morgan fingerprint density at radius 1 is 1.30 bits per heavy atom. The Morgan fingerprint density at radius 3 is 2.75 bits per heavy atom. The number of amides is 1. The van der Waals surface area contributed by atoms with Crippen molar-refractivity contribution in [3.05, 3.63) is 29.6 Å². The van der Waals surface area contributed by atoms with Crippen LogP contribution in [0, 0.1) is 5.82 Å². The van der Waals surface area contributed by atoms with E-state index < -0.39 is 17.6 Å². The monoisotopic (exact) mass is 290 g/mol. The zero-order valence-corrected chi connectivity index (χ0v) is 10.6. The van der Waals surface area contributed by atoms with Crippen LogP contribution in [-0.4, -0.2) is 18.5 Å². The summed E-state index contributed by atoms with van der Waals surface area (Å²) in [6.07, 6.45) is -3.13. The summed E-state index contributed by atoms with van der Waals surface area (Å²) < 4.78 is 51.0. The van der Waals surface area contributed by atoms with E-state index in [4.69, 9.17) is 0 Å². The number of rotatable bonds is 2. The molecule has 1 heterocycles. The van der Waals surface area contributed by atoms with E-state index in [1.54, 1.807) is 0 Å². The van der Waals surface area contributed by atoms with E-state index in [1.807, 2.05) is 0 Å². The van der Waals surface area contributed by atoms with Crippen LogP contribution in [0.15, 0.2) is 18.2 Å². The standard InChI is InChI=1S/C13H14F4N2O/c14-11-4-3-9(6-10(11)13(15,16)17)19-8-2-1-5-18-12(20)7-8/h3-4,6,8,19H,1-2,5,7H2,(H,18,20). The van der Waals surface area contributed by atoms with Crippen molar-refractivity contribution in [3.8, 4) is 0 Å². The highest BCUT2D eigenvalue weighted by molar-refractivity contribution is 5.77. The fraction of sp³-hybridized carbons (Fsp3) is 0.462. The van der Waals surface area contributed by atoms with E-state index in [2.05, 4.69) is 10.6 Å². The van der Waals surface area contributed by atoms with Crippen molar-refractivity contribution < 1.29 is 22.4 Å². The van der Waals surface area contributed by atoms with Crippen molar-refractivity contribution in [2.45, 2.75) is 31.5 Å². The lowest BCUT2D eigenvalue weighted by Gasteiger charge is -2.18. The molecule has 1 aliphatic rings. The highest BCUT2D eigenvalue weighted by atomic mass is 19.4. The molecular formula is C13H14F4N2O. The first-order chi connectivity index (χ1) is 9.36. The molecule has 1 amide bonds. The van der Waals surface area contributed by atoms with Crippen LogP contribution in [0.4, 0.5) is 23.2 Å². The molecule has 3 nitrogen and oxygen atoms in total. The van der Waals surface area contributed by atoms with Gasteiger partial charge < -0.3 is 10.6 Å². The van der Waals surface area contributed by atoms with Crippen molar-refractivity contribution in [1.82, 2.24) is 5.32 Å². The van der Waals surface area contributed by atoms with E-state index in [9.17, 15) is 22.4 Å². The maximum atomic E-state index is 13.2. The fourth-order valence-corrected chi connectivity index (χ4v) is 2.17. The molecule has 7 heteroatoms. The molecule has 1 aromatic rings. The van der Waals surface area contributed by atoms with Crippen LogP contribution in [0.1, 0.15) is 24.8 Å². The van der Waals surface area contributed by atoms with Crippen molar-refractivity contribution >= 4 is 11.6 Å². The Morgan fingerprint density at radius 2 is 2.05 bits per heavy atom. The van der Waals surface area contributed by atoms with Crippen molar-refractivity contribution in [3.63, 3.8) is 0 Å². The number of alkyl halides is 3. The van der Waals surface area contributed by atoms with Crippen molar-refractivity contribution in [2.24, 2.45) is 0 Å². The summed E-state index contributed by atoms with van der Waals surface area (Å²) in [5.41, 5.74) is -1.14. The van der Waals surface area contributed by atoms with Crippen LogP contribution in [0.2, 0.25) is 0 Å². The Labute approximate surface area is 113 Å². The van der Waals surface area contributed by atoms with Crippen LogP contribution < -0.4 is 10.6 Å². The lowest BCUT2D eigenvalue weighted by Crippen LogP contribution is -2.27. The summed E-state index contributed by atoms with van der Waals surface area (Å²) in [5.74, 6) is -1.44. The van der Waals surface area contributed by atoms with Gasteiger partial charge >= 0.3 is 6.18 Å². The Kier molecular flexibility index (Phi) is 4.15. The number of hydrogen-bond donors (Lipinski definition) is 2. The average Bonchev–Trinajstić information content (AvgIpc) is 2.55. The van der Waals surface area contributed by atoms with Crippen LogP contribution in [0.25, 0.3) is 0 Å². The van der Waals surface area contributed by atoms with Gasteiger partial charge in [0.05, 0.1) is 5.56 Å². The molecule has 1 aromatic carbocycles. The van der Waals surface area contributed by atoms with Gasteiger partial charge in [0, 0.05) is 24.7 Å². The topological polar surface area (TPSA) is 41.1 Å². The van der Waals surface area contributed by atoms with Gasteiger partial charge in [-0.2, -0.15) is 13.2 Å². The molecule has 1 unspecified atom stereocenters. The minimum absolute atomic E-state index is 0.141. The first-order valence-electron chi connectivity index (χ1n) is 6.26. The van der Waals surface area contributed by atoms with Crippen LogP contribution in [-0.2, 0) is 11.0 Å². The number of carbonyl (C=O) groups excluding carboxylic acids is 1. The van der Waals surface area contributed by atoms with E-state index in [1.165, 1.54) is 6.07 Å². The second-order valence-corrected chi connectivity index (χ2v) is 4.73. The number of anilines is 1. The molecule has 0 bridgehead atoms. The molecule has 0 saturated carbocycles. The highest BCUT2D eigenvalue weighted by Crippen LogP contribution is 2.33. The van der Waals surface area contributed by atoms with Gasteiger partial charge in [0.15, 0.2) is 0 Å². The van der Waals surface area contributed by atoms with Gasteiger partial charge in [0.2, 0.25) is 5.91 Å². The molecule has 0 spiro atoms. The second-order valence-electron chi connectivity index (χ2n) is 4.73. The average molecular weight is 290 g/mol. The number of benzene rings is 1. The predicted octanol–water partition coefficient (Wildman–Crippen LogP) is 2.93. The highest BCUT2D eigenvalue weighted by Gasteiger charge is 2.34. The minimum atomic E-state index is -4.73. The molecule has 0 aliphatic carbocycles. The van der Waals surface area contributed by atoms with Gasteiger partial charge in [-0.3, -0.25) is 4.79 Å². The second kappa shape index (κ2) is 5.68. The Hall–Kier alpha value is -1.79. The Balaban J connectivity index is 2.15. The third-order valence-electron chi connectivity index (χ3n) is 3.13. The van der Waals surface area contributed by atoms with Gasteiger partial charge in [-0.25, -0.2) is 4.39 Å². The van der Waals surface area contributed by atoms with Crippen LogP contribution >= 0.6 is 0 Å². The summed E-state index contributed by atoms with van der Waals surface area (Å²) >= 11 is 0. The largest absolute Gasteiger partial charge is 0.419 e. The SMILES string of the molecule is O=C1CC(Nc2ccc(F)c(C(F)(F)F)c2)CCCN1. The van der Waals surface area contributed by atoms with Crippen molar-refractivity contribution in [1.29, 1.82) is 0 Å². The lowest BCUT2D eigenvalue weighted by molar-refractivity contribution is -0.140. The van der Waals surface area contributed by atoms with Gasteiger partial charge in [0.1, 0.15) is 5.82 Å². The van der Waals surface area contributed by atoms with Gasteiger partial charge in [-0.15, -0.1) is 0 Å². The van der Waals surface area contributed by atoms with E-state index in [0.29, 0.717) is 13.0 Å². The first kappa shape index (κ1) is 14.6. The zero-order chi connectivity index (χ0) is 14.8. The first-order valence-corrected chi connectivity index (χ1v) is 6.26. The molecular weight excluding hydrogens is 276 g/mol. The van der Waals surface area contributed by atoms with E-state index in [-0.39, 0.29) is 24.1 Å². The summed E-state index contributed by atoms with van der Waals surface area (Å²) in [4.78, 5) is 11.4. The molecule has 1 atom stereocenters. The normalized spacial score (nSPS) is 20.2. The third-order valence-corrected chi connectivity index (χ3v) is 3.13. The lowest BCUT2D eigenvalue weighted by atomic mass is 10.1. The van der Waals surface area contributed by atoms with Crippen LogP contribution in [0.3, 0.4) is 0 Å². The number of nitrogens with one attached hydrogen (secondary N) is 2. The van der Waals surface area contributed by atoms with Gasteiger partial charge in [0.25, 0.3) is 0 Å². The van der Waals surface area contributed by atoms with Crippen molar-refractivity contribution in [2.75, 3.05) is 11.9 Å². The number of carbonyl (C=O) groups is 1.